The Kier molecular flexibility index (Phi) is 4.71. The molecule has 0 saturated heterocycles. The zero-order valence-electron chi connectivity index (χ0n) is 10.7. The minimum Gasteiger partial charge on any atom is -0.389 e. The fourth-order valence-corrected chi connectivity index (χ4v) is 0.958. The maximum Gasteiger partial charge on any atom is 0.338 e. The summed E-state index contributed by atoms with van der Waals surface area (Å²) in [5.74, 6) is -1.23. The van der Waals surface area contributed by atoms with Gasteiger partial charge >= 0.3 is 11.9 Å². The van der Waals surface area contributed by atoms with Gasteiger partial charge in [0.15, 0.2) is 0 Å². The van der Waals surface area contributed by atoms with E-state index < -0.39 is 17.4 Å². The Labute approximate surface area is 106 Å². The van der Waals surface area contributed by atoms with Gasteiger partial charge in [-0.15, -0.1) is 0 Å². The zero-order chi connectivity index (χ0) is 13.6. The third-order valence-electron chi connectivity index (χ3n) is 2.60. The molecule has 0 amide bonds. The number of rotatable bonds is 4. The van der Waals surface area contributed by atoms with Crippen LogP contribution in [0.25, 0.3) is 6.08 Å². The number of carbonyl (C=O) groups excluding carboxylic acids is 2. The molecule has 1 heterocycles. The lowest BCUT2D eigenvalue weighted by Gasteiger charge is -2.18. The smallest absolute Gasteiger partial charge is 0.338 e. The highest BCUT2D eigenvalue weighted by atomic mass is 16.6. The van der Waals surface area contributed by atoms with Crippen molar-refractivity contribution in [2.75, 3.05) is 0 Å². The van der Waals surface area contributed by atoms with Crippen molar-refractivity contribution in [3.63, 3.8) is 0 Å². The molecule has 0 unspecified atom stereocenters. The minimum atomic E-state index is -0.702. The third-order valence-corrected chi connectivity index (χ3v) is 2.60. The number of carbonyl (C=O) groups is 2. The van der Waals surface area contributed by atoms with E-state index in [-0.39, 0.29) is 0 Å². The summed E-state index contributed by atoms with van der Waals surface area (Å²) < 4.78 is 4.71. The van der Waals surface area contributed by atoms with E-state index in [1.165, 1.54) is 24.7 Å². The minimum absolute atomic E-state index is 0.525. The van der Waals surface area contributed by atoms with Gasteiger partial charge in [-0.2, -0.15) is 0 Å². The first-order chi connectivity index (χ1) is 8.45. The predicted molar refractivity (Wildman–Crippen MR) is 66.2 cm³/mol. The average molecular weight is 248 g/mol. The summed E-state index contributed by atoms with van der Waals surface area (Å²) in [5, 5.41) is 0. The highest BCUT2D eigenvalue weighted by Crippen LogP contribution is 2.21. The maximum absolute atomic E-state index is 11.6. The summed E-state index contributed by atoms with van der Waals surface area (Å²) in [6, 6.07) is 0. The number of aromatic nitrogens is 2. The molecule has 0 radical (unpaired) electrons. The van der Waals surface area contributed by atoms with Crippen molar-refractivity contribution in [3.05, 3.63) is 30.4 Å². The molecule has 0 aromatic carbocycles. The van der Waals surface area contributed by atoms with Gasteiger partial charge in [0, 0.05) is 18.5 Å². The largest absolute Gasteiger partial charge is 0.389 e. The molecule has 5 nitrogen and oxygen atoms in total. The Morgan fingerprint density at radius 3 is 2.67 bits per heavy atom. The molecule has 1 aromatic heterocycles. The molecular formula is C13H16N2O3. The van der Waals surface area contributed by atoms with Gasteiger partial charge < -0.3 is 4.74 Å². The molecule has 0 bridgehead atoms. The van der Waals surface area contributed by atoms with Crippen molar-refractivity contribution < 1.29 is 14.3 Å². The number of nitrogens with zero attached hydrogens (tertiary/aromatic N) is 2. The highest BCUT2D eigenvalue weighted by molar-refractivity contribution is 5.96. The molecule has 0 fully saturated rings. The van der Waals surface area contributed by atoms with Crippen LogP contribution in [0.3, 0.4) is 0 Å². The lowest BCUT2D eigenvalue weighted by Crippen LogP contribution is -2.27. The summed E-state index contributed by atoms with van der Waals surface area (Å²) in [6.07, 6.45) is 7.75. The van der Waals surface area contributed by atoms with E-state index in [1.54, 1.807) is 13.8 Å². The summed E-state index contributed by atoms with van der Waals surface area (Å²) in [7, 11) is 0. The van der Waals surface area contributed by atoms with Crippen LogP contribution in [0, 0.1) is 5.41 Å². The Morgan fingerprint density at radius 1 is 1.39 bits per heavy atom. The summed E-state index contributed by atoms with van der Waals surface area (Å²) >= 11 is 0. The van der Waals surface area contributed by atoms with Crippen LogP contribution < -0.4 is 0 Å². The summed E-state index contributed by atoms with van der Waals surface area (Å²) in [5.41, 5.74) is -0.132. The first kappa shape index (κ1) is 14.0. The second-order valence-electron chi connectivity index (χ2n) is 4.41. The fraction of sp³-hybridized carbons (Fsp3) is 0.385. The van der Waals surface area contributed by atoms with Crippen molar-refractivity contribution in [3.8, 4) is 0 Å². The predicted octanol–water partition coefficient (Wildman–Crippen LogP) is 2.00. The van der Waals surface area contributed by atoms with Gasteiger partial charge in [0.25, 0.3) is 0 Å². The van der Waals surface area contributed by atoms with Crippen LogP contribution in [0.4, 0.5) is 0 Å². The lowest BCUT2D eigenvalue weighted by molar-refractivity contribution is -0.163. The standard InChI is InChI=1S/C13H16N2O3/c1-4-13(2,3)12(17)18-11(16)6-5-10-9-14-7-8-15-10/h5-9H,4H2,1-3H3/b6-5+. The van der Waals surface area contributed by atoms with E-state index in [9.17, 15) is 9.59 Å². The number of ether oxygens (including phenoxy) is 1. The number of esters is 2. The normalized spacial score (nSPS) is 11.5. The Balaban J connectivity index is 2.58. The van der Waals surface area contributed by atoms with Gasteiger partial charge in [0.05, 0.1) is 17.3 Å². The SMILES string of the molecule is CCC(C)(C)C(=O)OC(=O)/C=C/c1cnccn1. The van der Waals surface area contributed by atoms with E-state index >= 15 is 0 Å². The van der Waals surface area contributed by atoms with Crippen LogP contribution in [0.1, 0.15) is 32.9 Å². The molecule has 1 aromatic rings. The Morgan fingerprint density at radius 2 is 2.11 bits per heavy atom. The van der Waals surface area contributed by atoms with Gasteiger partial charge in [-0.05, 0) is 26.3 Å². The quantitative estimate of drug-likeness (QED) is 0.463. The number of hydrogen-bond donors (Lipinski definition) is 0. The zero-order valence-corrected chi connectivity index (χ0v) is 10.7. The Hall–Kier alpha value is -2.04. The van der Waals surface area contributed by atoms with Crippen LogP contribution in [0.2, 0.25) is 0 Å². The summed E-state index contributed by atoms with van der Waals surface area (Å²) in [4.78, 5) is 30.8. The molecule has 96 valence electrons. The van der Waals surface area contributed by atoms with Crippen LogP contribution in [0.15, 0.2) is 24.7 Å². The van der Waals surface area contributed by atoms with E-state index in [4.69, 9.17) is 4.74 Å². The second-order valence-corrected chi connectivity index (χ2v) is 4.41. The first-order valence-corrected chi connectivity index (χ1v) is 5.66. The third kappa shape index (κ3) is 4.08. The Bertz CT molecular complexity index is 453. The van der Waals surface area contributed by atoms with Crippen molar-refractivity contribution in [2.24, 2.45) is 5.41 Å². The molecule has 5 heteroatoms. The van der Waals surface area contributed by atoms with Gasteiger partial charge in [-0.3, -0.25) is 14.8 Å². The second kappa shape index (κ2) is 6.05. The van der Waals surface area contributed by atoms with E-state index in [2.05, 4.69) is 9.97 Å². The topological polar surface area (TPSA) is 69.2 Å². The molecule has 0 atom stereocenters. The van der Waals surface area contributed by atoms with Crippen molar-refractivity contribution in [1.82, 2.24) is 9.97 Å². The van der Waals surface area contributed by atoms with Gasteiger partial charge in [0.2, 0.25) is 0 Å². The highest BCUT2D eigenvalue weighted by Gasteiger charge is 2.28. The molecular weight excluding hydrogens is 232 g/mol. The van der Waals surface area contributed by atoms with Gasteiger partial charge in [-0.25, -0.2) is 4.79 Å². The monoisotopic (exact) mass is 248 g/mol. The van der Waals surface area contributed by atoms with Crippen LogP contribution >= 0.6 is 0 Å². The van der Waals surface area contributed by atoms with Crippen molar-refractivity contribution in [1.29, 1.82) is 0 Å². The van der Waals surface area contributed by atoms with Gasteiger partial charge in [0.1, 0.15) is 0 Å². The molecule has 0 N–H and O–H groups in total. The van der Waals surface area contributed by atoms with Crippen molar-refractivity contribution >= 4 is 18.0 Å². The molecule has 0 aliphatic rings. The van der Waals surface area contributed by atoms with Crippen LogP contribution in [0.5, 0.6) is 0 Å². The molecule has 0 spiro atoms. The lowest BCUT2D eigenvalue weighted by atomic mass is 9.91. The molecule has 0 aliphatic carbocycles. The van der Waals surface area contributed by atoms with Crippen LogP contribution in [-0.4, -0.2) is 21.9 Å². The fourth-order valence-electron chi connectivity index (χ4n) is 0.958. The van der Waals surface area contributed by atoms with E-state index in [0.717, 1.165) is 6.08 Å². The summed E-state index contributed by atoms with van der Waals surface area (Å²) in [6.45, 7) is 5.32. The average Bonchev–Trinajstić information content (AvgIpc) is 2.37. The van der Waals surface area contributed by atoms with E-state index in [1.807, 2.05) is 6.92 Å². The molecule has 1 rings (SSSR count). The molecule has 0 saturated carbocycles. The van der Waals surface area contributed by atoms with Crippen LogP contribution in [-0.2, 0) is 14.3 Å². The van der Waals surface area contributed by atoms with E-state index in [0.29, 0.717) is 12.1 Å². The number of hydrogen-bond acceptors (Lipinski definition) is 5. The van der Waals surface area contributed by atoms with Gasteiger partial charge in [-0.1, -0.05) is 6.92 Å². The first-order valence-electron chi connectivity index (χ1n) is 5.66. The van der Waals surface area contributed by atoms with Crippen molar-refractivity contribution in [2.45, 2.75) is 27.2 Å². The molecule has 18 heavy (non-hydrogen) atoms. The maximum atomic E-state index is 11.6. The molecule has 0 aliphatic heterocycles.